The lowest BCUT2D eigenvalue weighted by atomic mass is 9.95. The number of benzene rings is 1. The number of halogens is 1. The van der Waals surface area contributed by atoms with Crippen molar-refractivity contribution in [1.29, 1.82) is 0 Å². The Morgan fingerprint density at radius 3 is 2.18 bits per heavy atom. The van der Waals surface area contributed by atoms with Crippen LogP contribution in [0.25, 0.3) is 5.69 Å². The highest BCUT2D eigenvalue weighted by Crippen LogP contribution is 2.23. The van der Waals surface area contributed by atoms with Crippen molar-refractivity contribution >= 4 is 0 Å². The number of hydrogen-bond donors (Lipinski definition) is 0. The minimum atomic E-state index is -4.94. The summed E-state index contributed by atoms with van der Waals surface area (Å²) in [7, 11) is -4.94. The zero-order valence-electron chi connectivity index (χ0n) is 12.0. The largest absolute Gasteiger partial charge is 0.265 e. The highest BCUT2D eigenvalue weighted by molar-refractivity contribution is 5.28. The van der Waals surface area contributed by atoms with Gasteiger partial charge in [0.15, 0.2) is 0 Å². The topological polar surface area (TPSA) is 114 Å². The van der Waals surface area contributed by atoms with Crippen molar-refractivity contribution in [2.75, 3.05) is 0 Å². The van der Waals surface area contributed by atoms with Crippen molar-refractivity contribution in [2.45, 2.75) is 38.1 Å². The van der Waals surface area contributed by atoms with E-state index in [1.807, 2.05) is 29.2 Å². The third-order valence-corrected chi connectivity index (χ3v) is 3.57. The molecule has 2 aromatic rings. The molecule has 0 amide bonds. The van der Waals surface area contributed by atoms with E-state index in [4.69, 9.17) is 18.6 Å². The van der Waals surface area contributed by atoms with Crippen molar-refractivity contribution in [1.82, 2.24) is 9.78 Å². The van der Waals surface area contributed by atoms with E-state index in [0.717, 1.165) is 5.69 Å². The number of rotatable bonds is 2. The summed E-state index contributed by atoms with van der Waals surface area (Å²) in [6.45, 7) is 0. The lowest BCUT2D eigenvalue weighted by Gasteiger charge is -2.18. The molecule has 1 aliphatic rings. The Bertz CT molecular complexity index is 559. The molecule has 3 rings (SSSR count). The van der Waals surface area contributed by atoms with Crippen molar-refractivity contribution in [3.05, 3.63) is 43.0 Å². The first-order valence-corrected chi connectivity index (χ1v) is 8.29. The molecule has 0 aliphatic heterocycles. The molecule has 0 spiro atoms. The second kappa shape index (κ2) is 7.66. The molecule has 1 aromatic heterocycles. The third-order valence-electron chi connectivity index (χ3n) is 3.57. The first-order chi connectivity index (χ1) is 10.4. The molecule has 8 heteroatoms. The van der Waals surface area contributed by atoms with Gasteiger partial charge in [-0.25, -0.2) is 23.2 Å². The highest BCUT2D eigenvalue weighted by atomic mass is 35.7. The number of para-hydroxylation sites is 1. The van der Waals surface area contributed by atoms with Gasteiger partial charge in [-0.3, -0.25) is 0 Å². The smallest absolute Gasteiger partial charge is 0.234 e. The first-order valence-electron chi connectivity index (χ1n) is 7.06. The van der Waals surface area contributed by atoms with E-state index >= 15 is 0 Å². The van der Waals surface area contributed by atoms with Gasteiger partial charge in [0.25, 0.3) is 6.33 Å². The second-order valence-electron chi connectivity index (χ2n) is 5.14. The molecule has 0 atom stereocenters. The Hall–Kier alpha value is -1.51. The van der Waals surface area contributed by atoms with Gasteiger partial charge in [0, 0.05) is 5.10 Å². The van der Waals surface area contributed by atoms with Crippen LogP contribution in [0.15, 0.2) is 43.0 Å². The van der Waals surface area contributed by atoms with Crippen LogP contribution < -0.4 is 23.2 Å². The SMILES string of the molecule is [O-][Cl+3]([O-])([O-])[O-].c1ccc(-n2c[n+](C3CCCCC3)cn2)cc1. The molecule has 1 heterocycles. The van der Waals surface area contributed by atoms with Crippen LogP contribution in [-0.4, -0.2) is 9.78 Å². The van der Waals surface area contributed by atoms with Gasteiger partial charge in [0.1, 0.15) is 5.69 Å². The quantitative estimate of drug-likeness (QED) is 0.587. The zero-order valence-corrected chi connectivity index (χ0v) is 12.8. The van der Waals surface area contributed by atoms with Crippen LogP contribution >= 0.6 is 0 Å². The summed E-state index contributed by atoms with van der Waals surface area (Å²) in [5, 5.41) is 4.44. The summed E-state index contributed by atoms with van der Waals surface area (Å²) >= 11 is 0. The molecule has 0 bridgehead atoms. The molecular weight excluding hydrogens is 310 g/mol. The Balaban J connectivity index is 0.000000309. The van der Waals surface area contributed by atoms with E-state index in [9.17, 15) is 0 Å². The monoisotopic (exact) mass is 327 g/mol. The maximum atomic E-state index is 8.49. The highest BCUT2D eigenvalue weighted by Gasteiger charge is 2.20. The summed E-state index contributed by atoms with van der Waals surface area (Å²) in [6.07, 6.45) is 10.8. The summed E-state index contributed by atoms with van der Waals surface area (Å²) in [4.78, 5) is 0. The molecule has 7 nitrogen and oxygen atoms in total. The predicted octanol–water partition coefficient (Wildman–Crippen LogP) is -2.09. The fraction of sp³-hybridized carbons (Fsp3) is 0.429. The molecule has 22 heavy (non-hydrogen) atoms. The average molecular weight is 328 g/mol. The van der Waals surface area contributed by atoms with Crippen molar-refractivity contribution in [3.8, 4) is 5.69 Å². The van der Waals surface area contributed by atoms with E-state index in [2.05, 4.69) is 28.1 Å². The lowest BCUT2D eigenvalue weighted by Crippen LogP contribution is -2.68. The predicted molar refractivity (Wildman–Crippen MR) is 65.9 cm³/mol. The zero-order chi connectivity index (χ0) is 16.0. The van der Waals surface area contributed by atoms with Crippen LogP contribution in [0, 0.1) is 10.2 Å². The Kier molecular flexibility index (Phi) is 5.87. The molecule has 0 radical (unpaired) electrons. The molecule has 1 aromatic carbocycles. The van der Waals surface area contributed by atoms with Crippen LogP contribution in [0.3, 0.4) is 0 Å². The van der Waals surface area contributed by atoms with Gasteiger partial charge in [0.2, 0.25) is 6.33 Å². The Morgan fingerprint density at radius 2 is 1.59 bits per heavy atom. The van der Waals surface area contributed by atoms with Crippen LogP contribution in [-0.2, 0) is 0 Å². The molecule has 0 saturated heterocycles. The van der Waals surface area contributed by atoms with Gasteiger partial charge in [-0.05, 0) is 37.8 Å². The second-order valence-corrected chi connectivity index (χ2v) is 5.90. The minimum Gasteiger partial charge on any atom is -0.234 e. The van der Waals surface area contributed by atoms with Gasteiger partial charge >= 0.3 is 0 Å². The van der Waals surface area contributed by atoms with Gasteiger partial charge in [-0.15, -0.1) is 10.2 Å². The van der Waals surface area contributed by atoms with Crippen LogP contribution in [0.5, 0.6) is 0 Å². The summed E-state index contributed by atoms with van der Waals surface area (Å²) in [5.41, 5.74) is 1.13. The van der Waals surface area contributed by atoms with Crippen LogP contribution in [0.4, 0.5) is 0 Å². The fourth-order valence-corrected chi connectivity index (χ4v) is 2.58. The fourth-order valence-electron chi connectivity index (χ4n) is 2.58. The number of aromatic nitrogens is 3. The van der Waals surface area contributed by atoms with Crippen molar-refractivity contribution < 1.29 is 33.4 Å². The molecule has 0 N–H and O–H groups in total. The van der Waals surface area contributed by atoms with E-state index in [1.165, 1.54) is 32.1 Å². The van der Waals surface area contributed by atoms with E-state index in [-0.39, 0.29) is 0 Å². The van der Waals surface area contributed by atoms with Gasteiger partial charge < -0.3 is 0 Å². The van der Waals surface area contributed by atoms with Crippen molar-refractivity contribution in [2.24, 2.45) is 0 Å². The molecule has 1 aliphatic carbocycles. The van der Waals surface area contributed by atoms with Gasteiger partial charge in [-0.2, -0.15) is 0 Å². The van der Waals surface area contributed by atoms with E-state index in [0.29, 0.717) is 6.04 Å². The maximum Gasteiger partial charge on any atom is 0.265 e. The third kappa shape index (κ3) is 5.70. The standard InChI is InChI=1S/C14H18N3.ClHO4/c1-3-7-13(8-4-1)16-11-15-17(12-16)14-9-5-2-6-10-14;2-1(3,4)5/h2,5-6,9-13H,1,3-4,7-8H2;(H,2,3,4,5)/q+1;/p-1. The van der Waals surface area contributed by atoms with Gasteiger partial charge in [0.05, 0.1) is 6.04 Å². The van der Waals surface area contributed by atoms with Gasteiger partial charge in [-0.1, -0.05) is 29.3 Å². The lowest BCUT2D eigenvalue weighted by molar-refractivity contribution is -2.00. The summed E-state index contributed by atoms with van der Waals surface area (Å²) < 4.78 is 38.2. The van der Waals surface area contributed by atoms with Crippen LogP contribution in [0.2, 0.25) is 0 Å². The summed E-state index contributed by atoms with van der Waals surface area (Å²) in [6, 6.07) is 10.9. The van der Waals surface area contributed by atoms with Crippen molar-refractivity contribution in [3.63, 3.8) is 0 Å². The maximum absolute atomic E-state index is 8.49. The first kappa shape index (κ1) is 16.9. The number of hydrogen-bond acceptors (Lipinski definition) is 5. The molecule has 120 valence electrons. The molecule has 1 saturated carbocycles. The van der Waals surface area contributed by atoms with E-state index < -0.39 is 10.2 Å². The molecular formula is C14H18ClN3O4. The molecule has 1 fully saturated rings. The molecule has 0 unspecified atom stereocenters. The Morgan fingerprint density at radius 1 is 1.00 bits per heavy atom. The number of nitrogens with zero attached hydrogens (tertiary/aromatic N) is 3. The average Bonchev–Trinajstić information content (AvgIpc) is 2.97. The van der Waals surface area contributed by atoms with Crippen LogP contribution in [0.1, 0.15) is 38.1 Å². The van der Waals surface area contributed by atoms with E-state index in [1.54, 1.807) is 0 Å². The minimum absolute atomic E-state index is 0.654. The normalized spacial score (nSPS) is 16.0. The Labute approximate surface area is 130 Å². The summed E-state index contributed by atoms with van der Waals surface area (Å²) in [5.74, 6) is 0.